The van der Waals surface area contributed by atoms with Crippen LogP contribution in [0.15, 0.2) is 0 Å². The van der Waals surface area contributed by atoms with Crippen LogP contribution in [-0.4, -0.2) is 46.2 Å². The highest BCUT2D eigenvalue weighted by Crippen LogP contribution is 1.98. The van der Waals surface area contributed by atoms with Crippen LogP contribution in [0.1, 0.15) is 6.92 Å². The summed E-state index contributed by atoms with van der Waals surface area (Å²) in [6, 6.07) is 0. The minimum absolute atomic E-state index is 0.0276. The lowest BCUT2D eigenvalue weighted by Crippen LogP contribution is -2.33. The fourth-order valence-electron chi connectivity index (χ4n) is 0.951. The maximum absolute atomic E-state index is 5.51. The van der Waals surface area contributed by atoms with Crippen LogP contribution >= 0.6 is 0 Å². The lowest BCUT2D eigenvalue weighted by atomic mass is 10.3. The summed E-state index contributed by atoms with van der Waals surface area (Å²) in [5, 5.41) is 0. The summed E-state index contributed by atoms with van der Waals surface area (Å²) in [6.07, 6.45) is 0.0406. The third-order valence-corrected chi connectivity index (χ3v) is 1.44. The molecule has 74 valence electrons. The second kappa shape index (κ2) is 7.49. The minimum Gasteiger partial charge on any atom is -0.382 e. The molecule has 4 heteroatoms. The molecule has 0 saturated carbocycles. The molecule has 0 saturated heterocycles. The molecule has 12 heavy (non-hydrogen) atoms. The van der Waals surface area contributed by atoms with E-state index in [0.717, 1.165) is 0 Å². The quantitative estimate of drug-likeness (QED) is 0.595. The molecule has 0 aromatic carbocycles. The van der Waals surface area contributed by atoms with Gasteiger partial charge >= 0.3 is 0 Å². The van der Waals surface area contributed by atoms with Crippen molar-refractivity contribution < 1.29 is 14.2 Å². The normalized spacial score (nSPS) is 16.0. The van der Waals surface area contributed by atoms with Crippen molar-refractivity contribution in [1.29, 1.82) is 0 Å². The first-order valence-corrected chi connectivity index (χ1v) is 4.08. The van der Waals surface area contributed by atoms with E-state index in [1.807, 2.05) is 6.92 Å². The van der Waals surface area contributed by atoms with Crippen LogP contribution in [0.4, 0.5) is 0 Å². The summed E-state index contributed by atoms with van der Waals surface area (Å²) in [5.74, 6) is 0. The SMILES string of the molecule is COCC(C)OC(CN)COC. The Morgan fingerprint density at radius 1 is 1.17 bits per heavy atom. The number of rotatable bonds is 7. The molecule has 0 rings (SSSR count). The van der Waals surface area contributed by atoms with E-state index in [1.165, 1.54) is 0 Å². The molecule has 2 atom stereocenters. The van der Waals surface area contributed by atoms with Crippen molar-refractivity contribution in [2.24, 2.45) is 5.73 Å². The van der Waals surface area contributed by atoms with Crippen LogP contribution in [-0.2, 0) is 14.2 Å². The van der Waals surface area contributed by atoms with E-state index < -0.39 is 0 Å². The van der Waals surface area contributed by atoms with Gasteiger partial charge in [0.25, 0.3) is 0 Å². The Kier molecular flexibility index (Phi) is 7.39. The molecule has 0 heterocycles. The van der Waals surface area contributed by atoms with Crippen LogP contribution in [0, 0.1) is 0 Å². The van der Waals surface area contributed by atoms with Gasteiger partial charge in [0.2, 0.25) is 0 Å². The molecule has 2 N–H and O–H groups in total. The monoisotopic (exact) mass is 177 g/mol. The Bertz CT molecular complexity index is 100. The van der Waals surface area contributed by atoms with Gasteiger partial charge in [-0.3, -0.25) is 0 Å². The average molecular weight is 177 g/mol. The minimum atomic E-state index is -0.0276. The van der Waals surface area contributed by atoms with E-state index in [4.69, 9.17) is 19.9 Å². The predicted molar refractivity (Wildman–Crippen MR) is 47.1 cm³/mol. The predicted octanol–water partition coefficient (Wildman–Crippen LogP) is 0.0116. The van der Waals surface area contributed by atoms with E-state index >= 15 is 0 Å². The molecule has 2 unspecified atom stereocenters. The van der Waals surface area contributed by atoms with Gasteiger partial charge in [0.1, 0.15) is 0 Å². The van der Waals surface area contributed by atoms with Crippen LogP contribution < -0.4 is 5.73 Å². The molecule has 0 radical (unpaired) electrons. The molecule has 0 fully saturated rings. The fraction of sp³-hybridized carbons (Fsp3) is 1.00. The first kappa shape index (κ1) is 11.8. The highest BCUT2D eigenvalue weighted by molar-refractivity contribution is 4.59. The van der Waals surface area contributed by atoms with Gasteiger partial charge in [-0.2, -0.15) is 0 Å². The molecule has 0 amide bonds. The maximum Gasteiger partial charge on any atom is 0.0934 e. The lowest BCUT2D eigenvalue weighted by molar-refractivity contribution is -0.0610. The second-order valence-electron chi connectivity index (χ2n) is 2.72. The zero-order valence-electron chi connectivity index (χ0n) is 8.08. The zero-order valence-corrected chi connectivity index (χ0v) is 8.08. The van der Waals surface area contributed by atoms with Crippen LogP contribution in [0.25, 0.3) is 0 Å². The fourth-order valence-corrected chi connectivity index (χ4v) is 0.951. The van der Waals surface area contributed by atoms with Crippen molar-refractivity contribution in [1.82, 2.24) is 0 Å². The summed E-state index contributed by atoms with van der Waals surface area (Å²) < 4.78 is 15.4. The van der Waals surface area contributed by atoms with E-state index in [2.05, 4.69) is 0 Å². The summed E-state index contributed by atoms with van der Waals surface area (Å²) in [7, 11) is 3.28. The molecule has 0 aromatic rings. The molecular formula is C8H19NO3. The summed E-state index contributed by atoms with van der Waals surface area (Å²) in [5.41, 5.74) is 5.46. The number of hydrogen-bond donors (Lipinski definition) is 1. The molecule has 0 aliphatic carbocycles. The molecular weight excluding hydrogens is 158 g/mol. The van der Waals surface area contributed by atoms with Gasteiger partial charge < -0.3 is 19.9 Å². The Morgan fingerprint density at radius 2 is 1.75 bits per heavy atom. The molecule has 0 spiro atoms. The number of methoxy groups -OCH3 is 2. The lowest BCUT2D eigenvalue weighted by Gasteiger charge is -2.19. The number of hydrogen-bond acceptors (Lipinski definition) is 4. The average Bonchev–Trinajstić information content (AvgIpc) is 2.04. The topological polar surface area (TPSA) is 53.7 Å². The van der Waals surface area contributed by atoms with Crippen molar-refractivity contribution in [3.63, 3.8) is 0 Å². The van der Waals surface area contributed by atoms with Crippen LogP contribution in [0.5, 0.6) is 0 Å². The number of nitrogens with two attached hydrogens (primary N) is 1. The smallest absolute Gasteiger partial charge is 0.0934 e. The van der Waals surface area contributed by atoms with Gasteiger partial charge in [0.05, 0.1) is 25.4 Å². The van der Waals surface area contributed by atoms with Crippen molar-refractivity contribution in [3.8, 4) is 0 Å². The second-order valence-corrected chi connectivity index (χ2v) is 2.72. The first-order chi connectivity index (χ1) is 5.74. The van der Waals surface area contributed by atoms with Crippen molar-refractivity contribution >= 4 is 0 Å². The van der Waals surface area contributed by atoms with E-state index in [9.17, 15) is 0 Å². The molecule has 4 nitrogen and oxygen atoms in total. The highest BCUT2D eigenvalue weighted by atomic mass is 16.6. The van der Waals surface area contributed by atoms with Crippen LogP contribution in [0.2, 0.25) is 0 Å². The summed E-state index contributed by atoms with van der Waals surface area (Å²) in [4.78, 5) is 0. The molecule has 0 aliphatic rings. The van der Waals surface area contributed by atoms with Gasteiger partial charge in [-0.05, 0) is 6.92 Å². The molecule has 0 aromatic heterocycles. The van der Waals surface area contributed by atoms with Gasteiger partial charge in [-0.15, -0.1) is 0 Å². The third kappa shape index (κ3) is 5.49. The Balaban J connectivity index is 3.53. The standard InChI is InChI=1S/C8H19NO3/c1-7(5-10-2)12-8(4-9)6-11-3/h7-8H,4-6,9H2,1-3H3. The first-order valence-electron chi connectivity index (χ1n) is 4.08. The van der Waals surface area contributed by atoms with Gasteiger partial charge in [-0.1, -0.05) is 0 Å². The molecule has 0 bridgehead atoms. The van der Waals surface area contributed by atoms with Crippen molar-refractivity contribution in [2.75, 3.05) is 34.0 Å². The zero-order chi connectivity index (χ0) is 9.40. The Labute approximate surface area is 74.0 Å². The summed E-state index contributed by atoms with van der Waals surface area (Å²) in [6.45, 7) is 3.54. The van der Waals surface area contributed by atoms with Gasteiger partial charge in [0.15, 0.2) is 0 Å². The number of ether oxygens (including phenoxy) is 3. The van der Waals surface area contributed by atoms with Crippen LogP contribution in [0.3, 0.4) is 0 Å². The summed E-state index contributed by atoms with van der Waals surface area (Å²) >= 11 is 0. The Morgan fingerprint density at radius 3 is 2.17 bits per heavy atom. The Hall–Kier alpha value is -0.160. The van der Waals surface area contributed by atoms with Gasteiger partial charge in [0, 0.05) is 20.8 Å². The van der Waals surface area contributed by atoms with E-state index in [1.54, 1.807) is 14.2 Å². The van der Waals surface area contributed by atoms with Crippen molar-refractivity contribution in [2.45, 2.75) is 19.1 Å². The third-order valence-electron chi connectivity index (χ3n) is 1.44. The van der Waals surface area contributed by atoms with Crippen molar-refractivity contribution in [3.05, 3.63) is 0 Å². The highest BCUT2D eigenvalue weighted by Gasteiger charge is 2.10. The maximum atomic E-state index is 5.51. The van der Waals surface area contributed by atoms with E-state index in [0.29, 0.717) is 19.8 Å². The van der Waals surface area contributed by atoms with E-state index in [-0.39, 0.29) is 12.2 Å². The van der Waals surface area contributed by atoms with Gasteiger partial charge in [-0.25, -0.2) is 0 Å². The largest absolute Gasteiger partial charge is 0.382 e. The molecule has 0 aliphatic heterocycles.